The lowest BCUT2D eigenvalue weighted by atomic mass is 9.87. The van der Waals surface area contributed by atoms with Crippen LogP contribution in [0.15, 0.2) is 42.5 Å². The first-order chi connectivity index (χ1) is 15.5. The Morgan fingerprint density at radius 3 is 2.53 bits per heavy atom. The van der Waals surface area contributed by atoms with Gasteiger partial charge in [0.25, 0.3) is 0 Å². The van der Waals surface area contributed by atoms with Crippen LogP contribution in [0.4, 0.5) is 4.39 Å². The Bertz CT molecular complexity index is 904. The molecular formula is C28H36FNO2. The van der Waals surface area contributed by atoms with Crippen LogP contribution >= 0.6 is 0 Å². The van der Waals surface area contributed by atoms with Crippen molar-refractivity contribution in [3.05, 3.63) is 65.0 Å². The van der Waals surface area contributed by atoms with Gasteiger partial charge in [-0.05, 0) is 98.5 Å². The number of carbonyl (C=O) groups excluding carboxylic acids is 1. The predicted octanol–water partition coefficient (Wildman–Crippen LogP) is 6.48. The van der Waals surface area contributed by atoms with Crippen molar-refractivity contribution >= 4 is 5.78 Å². The van der Waals surface area contributed by atoms with Crippen molar-refractivity contribution in [1.82, 2.24) is 5.32 Å². The average molecular weight is 438 g/mol. The summed E-state index contributed by atoms with van der Waals surface area (Å²) in [4.78, 5) is 12.7. The third kappa shape index (κ3) is 5.78. The molecule has 1 unspecified atom stereocenters. The summed E-state index contributed by atoms with van der Waals surface area (Å²) in [6.45, 7) is 4.25. The van der Waals surface area contributed by atoms with Gasteiger partial charge in [-0.25, -0.2) is 4.39 Å². The zero-order valence-electron chi connectivity index (χ0n) is 19.4. The van der Waals surface area contributed by atoms with Gasteiger partial charge in [0.2, 0.25) is 0 Å². The molecule has 1 saturated heterocycles. The van der Waals surface area contributed by atoms with Gasteiger partial charge in [0.15, 0.2) is 5.78 Å². The molecule has 0 aromatic heterocycles. The number of hydrogen-bond donors (Lipinski definition) is 1. The van der Waals surface area contributed by atoms with E-state index in [1.54, 1.807) is 13.2 Å². The Morgan fingerprint density at radius 1 is 1.06 bits per heavy atom. The van der Waals surface area contributed by atoms with Gasteiger partial charge < -0.3 is 10.1 Å². The standard InChI is InChI=1S/C28H36FNO2/c1-19(25-16-26(29)18-27(17-25)32-2)13-21-3-4-24(14-21)22-5-7-23(8-6-22)28(31)15-20-9-11-30-12-10-20/h5-8,16-21,24,30H,3-4,9-15H2,1-2H3/t19-,21?,24-/m0/s1. The smallest absolute Gasteiger partial charge is 0.163 e. The van der Waals surface area contributed by atoms with Crippen LogP contribution in [-0.4, -0.2) is 26.0 Å². The van der Waals surface area contributed by atoms with Crippen LogP contribution in [0.3, 0.4) is 0 Å². The molecule has 1 heterocycles. The molecule has 4 heteroatoms. The van der Waals surface area contributed by atoms with Gasteiger partial charge in [-0.15, -0.1) is 0 Å². The zero-order chi connectivity index (χ0) is 22.5. The molecule has 1 N–H and O–H groups in total. The largest absolute Gasteiger partial charge is 0.497 e. The number of methoxy groups -OCH3 is 1. The zero-order valence-corrected chi connectivity index (χ0v) is 19.4. The molecule has 0 spiro atoms. The van der Waals surface area contributed by atoms with Crippen LogP contribution in [0.25, 0.3) is 0 Å². The highest BCUT2D eigenvalue weighted by atomic mass is 19.1. The minimum absolute atomic E-state index is 0.231. The summed E-state index contributed by atoms with van der Waals surface area (Å²) in [6, 6.07) is 13.4. The highest BCUT2D eigenvalue weighted by Gasteiger charge is 2.28. The Labute approximate surface area is 191 Å². The van der Waals surface area contributed by atoms with Crippen molar-refractivity contribution in [2.75, 3.05) is 20.2 Å². The lowest BCUT2D eigenvalue weighted by Gasteiger charge is -2.21. The Hall–Kier alpha value is -2.20. The van der Waals surface area contributed by atoms with Gasteiger partial charge in [0.1, 0.15) is 11.6 Å². The molecule has 1 aliphatic carbocycles. The van der Waals surface area contributed by atoms with Gasteiger partial charge in [-0.1, -0.05) is 31.2 Å². The number of piperidine rings is 1. The predicted molar refractivity (Wildman–Crippen MR) is 127 cm³/mol. The topological polar surface area (TPSA) is 38.3 Å². The normalized spacial score (nSPS) is 22.6. The minimum atomic E-state index is -0.231. The molecule has 3 atom stereocenters. The van der Waals surface area contributed by atoms with E-state index in [0.717, 1.165) is 43.5 Å². The van der Waals surface area contributed by atoms with Crippen LogP contribution in [0, 0.1) is 17.7 Å². The number of halogens is 1. The molecule has 172 valence electrons. The minimum Gasteiger partial charge on any atom is -0.497 e. The highest BCUT2D eigenvalue weighted by molar-refractivity contribution is 5.96. The molecule has 2 aromatic carbocycles. The molecule has 1 aliphatic heterocycles. The van der Waals surface area contributed by atoms with E-state index in [2.05, 4.69) is 24.4 Å². The third-order valence-electron chi connectivity index (χ3n) is 7.56. The van der Waals surface area contributed by atoms with Crippen LogP contribution < -0.4 is 10.1 Å². The van der Waals surface area contributed by atoms with Crippen molar-refractivity contribution in [3.63, 3.8) is 0 Å². The SMILES string of the molecule is COc1cc(F)cc([C@@H](C)CC2CC[C@H](c3ccc(C(=O)CC4CCNCC4)cc3)C2)c1. The molecule has 0 radical (unpaired) electrons. The number of ether oxygens (including phenoxy) is 1. The second-order valence-electron chi connectivity index (χ2n) is 9.88. The average Bonchev–Trinajstić information content (AvgIpc) is 3.27. The first-order valence-electron chi connectivity index (χ1n) is 12.2. The van der Waals surface area contributed by atoms with Crippen molar-refractivity contribution in [2.24, 2.45) is 11.8 Å². The molecule has 32 heavy (non-hydrogen) atoms. The Morgan fingerprint density at radius 2 is 1.81 bits per heavy atom. The van der Waals surface area contributed by atoms with E-state index < -0.39 is 0 Å². The summed E-state index contributed by atoms with van der Waals surface area (Å²) >= 11 is 0. The monoisotopic (exact) mass is 437 g/mol. The first kappa shape index (κ1) is 23.0. The van der Waals surface area contributed by atoms with Crippen LogP contribution in [0.2, 0.25) is 0 Å². The van der Waals surface area contributed by atoms with Crippen molar-refractivity contribution < 1.29 is 13.9 Å². The molecule has 1 saturated carbocycles. The molecule has 4 rings (SSSR count). The summed E-state index contributed by atoms with van der Waals surface area (Å²) in [5, 5.41) is 3.36. The molecule has 2 fully saturated rings. The van der Waals surface area contributed by atoms with Gasteiger partial charge >= 0.3 is 0 Å². The summed E-state index contributed by atoms with van der Waals surface area (Å²) < 4.78 is 19.1. The number of rotatable bonds is 8. The second kappa shape index (κ2) is 10.6. The lowest BCUT2D eigenvalue weighted by Crippen LogP contribution is -2.28. The summed E-state index contributed by atoms with van der Waals surface area (Å²) in [5.41, 5.74) is 3.23. The molecule has 2 aliphatic rings. The molecule has 2 aromatic rings. The van der Waals surface area contributed by atoms with E-state index in [0.29, 0.717) is 35.8 Å². The summed E-state index contributed by atoms with van der Waals surface area (Å²) in [6.07, 6.45) is 7.51. The number of hydrogen-bond acceptors (Lipinski definition) is 3. The fourth-order valence-corrected chi connectivity index (χ4v) is 5.62. The maximum Gasteiger partial charge on any atom is 0.163 e. The summed E-state index contributed by atoms with van der Waals surface area (Å²) in [7, 11) is 1.58. The van der Waals surface area contributed by atoms with Crippen LogP contribution in [0.1, 0.15) is 85.2 Å². The maximum absolute atomic E-state index is 13.9. The number of carbonyl (C=O) groups is 1. The van der Waals surface area contributed by atoms with Gasteiger partial charge in [-0.3, -0.25) is 4.79 Å². The molecule has 3 nitrogen and oxygen atoms in total. The van der Waals surface area contributed by atoms with Gasteiger partial charge in [0.05, 0.1) is 7.11 Å². The molecular weight excluding hydrogens is 401 g/mol. The van der Waals surface area contributed by atoms with Crippen LogP contribution in [0.5, 0.6) is 5.75 Å². The number of benzene rings is 2. The van der Waals surface area contributed by atoms with Gasteiger partial charge in [0, 0.05) is 18.1 Å². The van der Waals surface area contributed by atoms with E-state index in [4.69, 9.17) is 4.74 Å². The van der Waals surface area contributed by atoms with Crippen molar-refractivity contribution in [1.29, 1.82) is 0 Å². The maximum atomic E-state index is 13.9. The van der Waals surface area contributed by atoms with E-state index in [1.165, 1.54) is 30.9 Å². The van der Waals surface area contributed by atoms with Crippen LogP contribution in [-0.2, 0) is 0 Å². The number of ketones is 1. The van der Waals surface area contributed by atoms with E-state index >= 15 is 0 Å². The first-order valence-corrected chi connectivity index (χ1v) is 12.2. The van der Waals surface area contributed by atoms with E-state index in [1.807, 2.05) is 18.2 Å². The third-order valence-corrected chi connectivity index (χ3v) is 7.56. The molecule has 0 amide bonds. The van der Waals surface area contributed by atoms with Gasteiger partial charge in [-0.2, -0.15) is 0 Å². The number of nitrogens with one attached hydrogen (secondary N) is 1. The quantitative estimate of drug-likeness (QED) is 0.480. The Balaban J connectivity index is 1.31. The number of Topliss-reactive ketones (excluding diaryl/α,β-unsaturated/α-hetero) is 1. The highest BCUT2D eigenvalue weighted by Crippen LogP contribution is 2.42. The second-order valence-corrected chi connectivity index (χ2v) is 9.88. The fourth-order valence-electron chi connectivity index (χ4n) is 5.62. The summed E-state index contributed by atoms with van der Waals surface area (Å²) in [5.74, 6) is 2.68. The van der Waals surface area contributed by atoms with E-state index in [-0.39, 0.29) is 11.6 Å². The molecule has 0 bridgehead atoms. The fraction of sp³-hybridized carbons (Fsp3) is 0.536. The lowest BCUT2D eigenvalue weighted by molar-refractivity contribution is 0.0952. The van der Waals surface area contributed by atoms with Crippen molar-refractivity contribution in [2.45, 2.75) is 63.7 Å². The van der Waals surface area contributed by atoms with Crippen molar-refractivity contribution in [3.8, 4) is 5.75 Å². The van der Waals surface area contributed by atoms with E-state index in [9.17, 15) is 9.18 Å². The Kier molecular flexibility index (Phi) is 7.62.